The van der Waals surface area contributed by atoms with Gasteiger partial charge in [0.25, 0.3) is 0 Å². The van der Waals surface area contributed by atoms with Crippen LogP contribution in [0.2, 0.25) is 0 Å². The number of ether oxygens (including phenoxy) is 2. The lowest BCUT2D eigenvalue weighted by molar-refractivity contribution is -0.113. The first-order valence-electron chi connectivity index (χ1n) is 9.60. The zero-order chi connectivity index (χ0) is 22.4. The molecule has 1 aliphatic rings. The summed E-state index contributed by atoms with van der Waals surface area (Å²) in [7, 11) is 0. The summed E-state index contributed by atoms with van der Waals surface area (Å²) < 4.78 is 11.5. The number of hydrogen-bond acceptors (Lipinski definition) is 8. The molecular formula is C21H26BrClN6O3. The smallest absolute Gasteiger partial charge is 0.235 e. The number of guanidine groups is 2. The van der Waals surface area contributed by atoms with E-state index in [0.717, 1.165) is 5.69 Å². The zero-order valence-corrected chi connectivity index (χ0v) is 20.1. The van der Waals surface area contributed by atoms with Gasteiger partial charge in [-0.15, -0.1) is 12.4 Å². The average molecular weight is 526 g/mol. The lowest BCUT2D eigenvalue weighted by Crippen LogP contribution is -2.54. The van der Waals surface area contributed by atoms with Crippen molar-refractivity contribution in [2.45, 2.75) is 19.5 Å². The van der Waals surface area contributed by atoms with Gasteiger partial charge in [0, 0.05) is 17.4 Å². The molecule has 0 fully saturated rings. The van der Waals surface area contributed by atoms with E-state index in [1.165, 1.54) is 0 Å². The fourth-order valence-corrected chi connectivity index (χ4v) is 3.25. The topological polar surface area (TPSA) is 128 Å². The Morgan fingerprint density at radius 3 is 2.38 bits per heavy atom. The highest BCUT2D eigenvalue weighted by molar-refractivity contribution is 9.09. The second-order valence-corrected chi connectivity index (χ2v) is 7.73. The van der Waals surface area contributed by atoms with Crippen LogP contribution in [0.5, 0.6) is 11.5 Å². The molecular weight excluding hydrogens is 500 g/mol. The molecule has 5 N–H and O–H groups in total. The molecule has 0 radical (unpaired) electrons. The highest BCUT2D eigenvalue weighted by atomic mass is 79.9. The molecule has 0 unspecified atom stereocenters. The Kier molecular flexibility index (Phi) is 8.73. The first-order valence-corrected chi connectivity index (χ1v) is 10.7. The fraction of sp³-hybridized carbons (Fsp3) is 0.286. The van der Waals surface area contributed by atoms with Crippen LogP contribution < -0.4 is 31.2 Å². The van der Waals surface area contributed by atoms with E-state index in [0.29, 0.717) is 30.4 Å². The lowest BCUT2D eigenvalue weighted by atomic mass is 10.1. The molecule has 3 rings (SSSR count). The summed E-state index contributed by atoms with van der Waals surface area (Å²) in [4.78, 5) is 21.6. The molecule has 0 atom stereocenters. The Morgan fingerprint density at radius 2 is 1.75 bits per heavy atom. The van der Waals surface area contributed by atoms with E-state index in [1.807, 2.05) is 38.1 Å². The van der Waals surface area contributed by atoms with Crippen molar-refractivity contribution in [2.75, 3.05) is 28.8 Å². The summed E-state index contributed by atoms with van der Waals surface area (Å²) in [6.07, 6.45) is 0. The van der Waals surface area contributed by atoms with Gasteiger partial charge in [-0.3, -0.25) is 9.69 Å². The minimum absolute atomic E-state index is 0. The molecule has 172 valence electrons. The number of carbonyl (C=O) groups is 1. The van der Waals surface area contributed by atoms with Gasteiger partial charge in [0.15, 0.2) is 0 Å². The van der Waals surface area contributed by atoms with Crippen molar-refractivity contribution in [2.24, 2.45) is 21.5 Å². The van der Waals surface area contributed by atoms with Gasteiger partial charge >= 0.3 is 0 Å². The van der Waals surface area contributed by atoms with Gasteiger partial charge in [0.2, 0.25) is 17.8 Å². The standard InChI is InChI=1S/C21H25BrN6O3.ClH/c1-21(2)27-19(23)26-20(24)28(21)15-4-3-5-17(12-15)31-11-10-30-16-8-6-14(7-9-16)25-18(29)13-22;/h3-9,12H,10-11,13H2,1-2H3,(H,25,29)(H4,23,24,26,27);1H. The lowest BCUT2D eigenvalue weighted by Gasteiger charge is -2.38. The number of nitrogens with one attached hydrogen (secondary N) is 1. The number of aliphatic imine (C=N–C) groups is 2. The number of alkyl halides is 1. The number of nitrogens with zero attached hydrogens (tertiary/aromatic N) is 3. The summed E-state index contributed by atoms with van der Waals surface area (Å²) in [5, 5.41) is 3.00. The van der Waals surface area contributed by atoms with Gasteiger partial charge < -0.3 is 26.3 Å². The van der Waals surface area contributed by atoms with Crippen LogP contribution in [-0.2, 0) is 4.79 Å². The van der Waals surface area contributed by atoms with Gasteiger partial charge in [0.05, 0.1) is 5.33 Å². The fourth-order valence-electron chi connectivity index (χ4n) is 3.11. The second-order valence-electron chi connectivity index (χ2n) is 7.17. The maximum Gasteiger partial charge on any atom is 0.235 e. The maximum absolute atomic E-state index is 11.4. The van der Waals surface area contributed by atoms with Crippen molar-refractivity contribution in [1.82, 2.24) is 0 Å². The van der Waals surface area contributed by atoms with Crippen molar-refractivity contribution < 1.29 is 14.3 Å². The molecule has 0 saturated carbocycles. The van der Waals surface area contributed by atoms with Crippen LogP contribution in [0.15, 0.2) is 58.5 Å². The van der Waals surface area contributed by atoms with Crippen molar-refractivity contribution in [1.29, 1.82) is 0 Å². The van der Waals surface area contributed by atoms with Crippen molar-refractivity contribution >= 4 is 57.5 Å². The van der Waals surface area contributed by atoms with E-state index >= 15 is 0 Å². The minimum atomic E-state index is -0.669. The van der Waals surface area contributed by atoms with Gasteiger partial charge in [0.1, 0.15) is 30.4 Å². The van der Waals surface area contributed by atoms with Crippen molar-refractivity contribution in [3.8, 4) is 11.5 Å². The number of halogens is 2. The maximum atomic E-state index is 11.4. The highest BCUT2D eigenvalue weighted by Crippen LogP contribution is 2.29. The molecule has 0 aliphatic carbocycles. The Labute approximate surface area is 201 Å². The van der Waals surface area contributed by atoms with Crippen LogP contribution in [0.1, 0.15) is 13.8 Å². The van der Waals surface area contributed by atoms with Crippen molar-refractivity contribution in [3.63, 3.8) is 0 Å². The Hall–Kier alpha value is -2.98. The molecule has 0 saturated heterocycles. The Bertz CT molecular complexity index is 997. The third kappa shape index (κ3) is 6.51. The van der Waals surface area contributed by atoms with E-state index in [-0.39, 0.29) is 35.6 Å². The molecule has 11 heteroatoms. The minimum Gasteiger partial charge on any atom is -0.490 e. The van der Waals surface area contributed by atoms with E-state index < -0.39 is 5.66 Å². The number of amides is 1. The summed E-state index contributed by atoms with van der Waals surface area (Å²) >= 11 is 3.11. The third-order valence-corrected chi connectivity index (χ3v) is 4.86. The summed E-state index contributed by atoms with van der Waals surface area (Å²) in [5.41, 5.74) is 12.7. The Balaban J connectivity index is 0.00000363. The van der Waals surface area contributed by atoms with Crippen LogP contribution >= 0.6 is 28.3 Å². The quantitative estimate of drug-likeness (QED) is 0.359. The number of anilines is 2. The van der Waals surface area contributed by atoms with E-state index in [1.54, 1.807) is 29.2 Å². The van der Waals surface area contributed by atoms with Crippen LogP contribution in [0.25, 0.3) is 0 Å². The largest absolute Gasteiger partial charge is 0.490 e. The molecule has 0 spiro atoms. The molecule has 1 amide bonds. The van der Waals surface area contributed by atoms with E-state index in [2.05, 4.69) is 31.2 Å². The highest BCUT2D eigenvalue weighted by Gasteiger charge is 2.33. The van der Waals surface area contributed by atoms with Gasteiger partial charge in [-0.25, -0.2) is 4.99 Å². The number of nitrogens with two attached hydrogens (primary N) is 2. The van der Waals surface area contributed by atoms with Crippen LogP contribution in [0.3, 0.4) is 0 Å². The third-order valence-electron chi connectivity index (χ3n) is 4.35. The monoisotopic (exact) mass is 524 g/mol. The Morgan fingerprint density at radius 1 is 1.09 bits per heavy atom. The normalized spacial score (nSPS) is 14.5. The van der Waals surface area contributed by atoms with Crippen LogP contribution in [0, 0.1) is 0 Å². The molecule has 2 aromatic rings. The molecule has 0 aromatic heterocycles. The summed E-state index contributed by atoms with van der Waals surface area (Å²) in [6, 6.07) is 14.6. The van der Waals surface area contributed by atoms with Crippen LogP contribution in [0.4, 0.5) is 11.4 Å². The SMILES string of the molecule is CC1(C)N=C(N)N=C(N)N1c1cccc(OCCOc2ccc(NC(=O)CBr)cc2)c1.Cl. The molecule has 2 aromatic carbocycles. The predicted molar refractivity (Wildman–Crippen MR) is 133 cm³/mol. The summed E-state index contributed by atoms with van der Waals surface area (Å²) in [5.74, 6) is 1.67. The molecule has 9 nitrogen and oxygen atoms in total. The van der Waals surface area contributed by atoms with Crippen LogP contribution in [-0.4, -0.2) is 42.0 Å². The zero-order valence-electron chi connectivity index (χ0n) is 17.7. The molecule has 0 bridgehead atoms. The number of hydrogen-bond donors (Lipinski definition) is 3. The van der Waals surface area contributed by atoms with Crippen molar-refractivity contribution in [3.05, 3.63) is 48.5 Å². The first kappa shape index (κ1) is 25.3. The van der Waals surface area contributed by atoms with Gasteiger partial charge in [-0.05, 0) is 50.2 Å². The first-order chi connectivity index (χ1) is 14.8. The van der Waals surface area contributed by atoms with E-state index in [4.69, 9.17) is 20.9 Å². The summed E-state index contributed by atoms with van der Waals surface area (Å²) in [6.45, 7) is 4.51. The van der Waals surface area contributed by atoms with Gasteiger partial charge in [-0.1, -0.05) is 22.0 Å². The molecule has 1 aliphatic heterocycles. The number of benzene rings is 2. The number of rotatable bonds is 8. The second kappa shape index (κ2) is 11.1. The van der Waals surface area contributed by atoms with E-state index in [9.17, 15) is 4.79 Å². The van der Waals surface area contributed by atoms with Gasteiger partial charge in [-0.2, -0.15) is 4.99 Å². The number of carbonyl (C=O) groups excluding carboxylic acids is 1. The average Bonchev–Trinajstić information content (AvgIpc) is 2.71. The molecule has 32 heavy (non-hydrogen) atoms. The molecule has 1 heterocycles. The predicted octanol–water partition coefficient (Wildman–Crippen LogP) is 3.09.